The molecule has 0 unspecified atom stereocenters. The van der Waals surface area contributed by atoms with E-state index in [1.807, 2.05) is 24.3 Å². The average molecular weight is 407 g/mol. The van der Waals surface area contributed by atoms with E-state index in [0.717, 1.165) is 17.0 Å². The van der Waals surface area contributed by atoms with Gasteiger partial charge in [0.1, 0.15) is 34.7 Å². The Morgan fingerprint density at radius 1 is 1.17 bits per heavy atom. The normalized spacial score (nSPS) is 15.4. The van der Waals surface area contributed by atoms with E-state index in [4.69, 9.17) is 14.2 Å². The van der Waals surface area contributed by atoms with Gasteiger partial charge in [0.05, 0.1) is 26.5 Å². The lowest BCUT2D eigenvalue weighted by Gasteiger charge is -2.10. The summed E-state index contributed by atoms with van der Waals surface area (Å²) in [5.41, 5.74) is 2.79. The third kappa shape index (κ3) is 4.18. The molecule has 0 spiro atoms. The molecule has 8 heteroatoms. The first-order chi connectivity index (χ1) is 14.6. The molecule has 2 aromatic heterocycles. The molecular weight excluding hydrogens is 386 g/mol. The van der Waals surface area contributed by atoms with Crippen LogP contribution in [-0.4, -0.2) is 53.1 Å². The van der Waals surface area contributed by atoms with Gasteiger partial charge in [-0.05, 0) is 36.4 Å². The van der Waals surface area contributed by atoms with Crippen molar-refractivity contribution in [1.29, 1.82) is 0 Å². The van der Waals surface area contributed by atoms with Crippen molar-refractivity contribution in [3.63, 3.8) is 0 Å². The molecule has 1 aliphatic heterocycles. The molecule has 154 valence electrons. The number of nitrogens with one attached hydrogen (secondary N) is 1. The minimum absolute atomic E-state index is 0.0700. The highest BCUT2D eigenvalue weighted by molar-refractivity contribution is 5.94. The Hall–Kier alpha value is -3.65. The summed E-state index contributed by atoms with van der Waals surface area (Å²) in [5.74, 6) is 2.08. The molecule has 3 aromatic rings. The van der Waals surface area contributed by atoms with Gasteiger partial charge >= 0.3 is 0 Å². The van der Waals surface area contributed by atoms with Gasteiger partial charge in [-0.1, -0.05) is 0 Å². The van der Waals surface area contributed by atoms with Gasteiger partial charge < -0.3 is 24.3 Å². The van der Waals surface area contributed by atoms with Gasteiger partial charge in [-0.2, -0.15) is 0 Å². The number of H-pyrrole nitrogens is 1. The zero-order valence-corrected chi connectivity index (χ0v) is 16.6. The van der Waals surface area contributed by atoms with Crippen LogP contribution in [-0.2, 0) is 4.74 Å². The molecule has 1 aliphatic rings. The highest BCUT2D eigenvalue weighted by atomic mass is 16.5. The van der Waals surface area contributed by atoms with Crippen LogP contribution in [0, 0.1) is 0 Å². The maximum atomic E-state index is 11.4. The number of methoxy groups -OCH3 is 1. The molecule has 0 radical (unpaired) electrons. The van der Waals surface area contributed by atoms with E-state index < -0.39 is 0 Å². The second-order valence-electron chi connectivity index (χ2n) is 6.79. The lowest BCUT2D eigenvalue weighted by molar-refractivity contribution is 0.101. The maximum absolute atomic E-state index is 11.4. The van der Waals surface area contributed by atoms with E-state index in [-0.39, 0.29) is 18.5 Å². The van der Waals surface area contributed by atoms with E-state index in [2.05, 4.69) is 15.0 Å². The number of aliphatic hydroxyl groups excluding tert-OH is 1. The topological polar surface area (TPSA) is 106 Å². The van der Waals surface area contributed by atoms with E-state index in [9.17, 15) is 9.90 Å². The number of aliphatic hydroxyl groups is 1. The summed E-state index contributed by atoms with van der Waals surface area (Å²) >= 11 is 0. The van der Waals surface area contributed by atoms with Gasteiger partial charge in [0.2, 0.25) is 5.90 Å². The number of aliphatic imine (C=N–C) groups is 1. The number of ether oxygens (including phenoxy) is 3. The van der Waals surface area contributed by atoms with Crippen LogP contribution in [0.15, 0.2) is 53.7 Å². The predicted molar refractivity (Wildman–Crippen MR) is 110 cm³/mol. The lowest BCUT2D eigenvalue weighted by Crippen LogP contribution is -2.17. The van der Waals surface area contributed by atoms with Crippen molar-refractivity contribution in [3.8, 4) is 28.5 Å². The highest BCUT2D eigenvalue weighted by Gasteiger charge is 2.21. The first-order valence-corrected chi connectivity index (χ1v) is 9.41. The summed E-state index contributed by atoms with van der Waals surface area (Å²) in [6.07, 6.45) is 1.21. The van der Waals surface area contributed by atoms with Crippen LogP contribution >= 0.6 is 0 Å². The van der Waals surface area contributed by atoms with Crippen LogP contribution < -0.4 is 9.47 Å². The maximum Gasteiger partial charge on any atom is 0.233 e. The van der Waals surface area contributed by atoms with Crippen molar-refractivity contribution in [2.75, 3.05) is 20.3 Å². The Morgan fingerprint density at radius 2 is 1.97 bits per heavy atom. The molecule has 8 nitrogen and oxygen atoms in total. The number of ketones is 1. The molecule has 3 heterocycles. The molecule has 0 bridgehead atoms. The minimum atomic E-state index is -0.299. The Morgan fingerprint density at radius 3 is 2.63 bits per heavy atom. The minimum Gasteiger partial charge on any atom is -0.497 e. The van der Waals surface area contributed by atoms with Crippen LogP contribution in [0.3, 0.4) is 0 Å². The number of carbonyl (C=O) groups is 1. The first-order valence-electron chi connectivity index (χ1n) is 9.41. The third-order valence-electron chi connectivity index (χ3n) is 4.60. The summed E-state index contributed by atoms with van der Waals surface area (Å²) in [6.45, 7) is 1.83. The van der Waals surface area contributed by atoms with Crippen LogP contribution in [0.2, 0.25) is 0 Å². The van der Waals surface area contributed by atoms with Gasteiger partial charge in [0.15, 0.2) is 5.78 Å². The van der Waals surface area contributed by atoms with Crippen molar-refractivity contribution in [1.82, 2.24) is 9.97 Å². The number of Topliss-reactive ketones (excluding diaryl/α,β-unsaturated/α-hetero) is 1. The SMILES string of the molecule is COc1cc(Oc2ccc(C(C)=O)nc2)cc(-c2ccc(C3=NC[C@H](CO)O3)[nH]2)c1. The zero-order chi connectivity index (χ0) is 21.1. The number of pyridine rings is 1. The molecule has 0 fully saturated rings. The first kappa shape index (κ1) is 19.7. The van der Waals surface area contributed by atoms with E-state index in [1.54, 1.807) is 25.3 Å². The quantitative estimate of drug-likeness (QED) is 0.583. The van der Waals surface area contributed by atoms with E-state index in [0.29, 0.717) is 35.4 Å². The number of hydrogen-bond acceptors (Lipinski definition) is 7. The fraction of sp³-hybridized carbons (Fsp3) is 0.227. The van der Waals surface area contributed by atoms with Crippen LogP contribution in [0.4, 0.5) is 0 Å². The number of rotatable bonds is 7. The molecule has 1 aromatic carbocycles. The Bertz CT molecular complexity index is 1090. The van der Waals surface area contributed by atoms with Crippen LogP contribution in [0.5, 0.6) is 17.2 Å². The van der Waals surface area contributed by atoms with Gasteiger partial charge in [0.25, 0.3) is 0 Å². The number of benzene rings is 1. The molecule has 0 saturated carbocycles. The number of hydrogen-bond donors (Lipinski definition) is 2. The lowest BCUT2D eigenvalue weighted by atomic mass is 10.1. The van der Waals surface area contributed by atoms with Crippen LogP contribution in [0.1, 0.15) is 23.1 Å². The van der Waals surface area contributed by atoms with Crippen molar-refractivity contribution in [2.24, 2.45) is 4.99 Å². The smallest absolute Gasteiger partial charge is 0.233 e. The Kier molecular flexibility index (Phi) is 5.49. The predicted octanol–water partition coefficient (Wildman–Crippen LogP) is 3.22. The fourth-order valence-electron chi connectivity index (χ4n) is 3.04. The molecular formula is C22H21N3O5. The molecule has 0 saturated heterocycles. The van der Waals surface area contributed by atoms with Gasteiger partial charge in [-0.25, -0.2) is 9.98 Å². The number of aromatic nitrogens is 2. The highest BCUT2D eigenvalue weighted by Crippen LogP contribution is 2.32. The molecule has 0 aliphatic carbocycles. The fourth-order valence-corrected chi connectivity index (χ4v) is 3.04. The second kappa shape index (κ2) is 8.38. The van der Waals surface area contributed by atoms with Crippen LogP contribution in [0.25, 0.3) is 11.3 Å². The van der Waals surface area contributed by atoms with Crippen molar-refractivity contribution in [3.05, 3.63) is 60.0 Å². The molecule has 30 heavy (non-hydrogen) atoms. The summed E-state index contributed by atoms with van der Waals surface area (Å²) in [5, 5.41) is 9.21. The monoisotopic (exact) mass is 407 g/mol. The molecule has 2 N–H and O–H groups in total. The van der Waals surface area contributed by atoms with Crippen molar-refractivity contribution < 1.29 is 24.1 Å². The van der Waals surface area contributed by atoms with E-state index in [1.165, 1.54) is 13.1 Å². The van der Waals surface area contributed by atoms with Gasteiger partial charge in [-0.3, -0.25) is 4.79 Å². The molecule has 1 atom stereocenters. The Labute approximate surface area is 173 Å². The standard InChI is InChI=1S/C22H21N3O5/c1-13(27)19-4-3-15(10-23-19)29-17-8-14(7-16(9-17)28-2)20-5-6-21(25-20)22-24-11-18(12-26)30-22/h3-10,18,25-26H,11-12H2,1-2H3/t18-/m1/s1. The largest absolute Gasteiger partial charge is 0.497 e. The number of nitrogens with zero attached hydrogens (tertiary/aromatic N) is 2. The van der Waals surface area contributed by atoms with Gasteiger partial charge in [0, 0.05) is 24.2 Å². The average Bonchev–Trinajstić information content (AvgIpc) is 3.43. The van der Waals surface area contributed by atoms with E-state index >= 15 is 0 Å². The molecule has 4 rings (SSSR count). The second-order valence-corrected chi connectivity index (χ2v) is 6.79. The summed E-state index contributed by atoms with van der Waals surface area (Å²) in [7, 11) is 1.59. The Balaban J connectivity index is 1.58. The number of carbonyl (C=O) groups excluding carboxylic acids is 1. The molecule has 0 amide bonds. The van der Waals surface area contributed by atoms with Crippen molar-refractivity contribution in [2.45, 2.75) is 13.0 Å². The summed E-state index contributed by atoms with van der Waals surface area (Å²) in [4.78, 5) is 23.1. The summed E-state index contributed by atoms with van der Waals surface area (Å²) < 4.78 is 16.9. The number of aromatic amines is 1. The summed E-state index contributed by atoms with van der Waals surface area (Å²) in [6, 6.07) is 12.6. The third-order valence-corrected chi connectivity index (χ3v) is 4.60. The van der Waals surface area contributed by atoms with Gasteiger partial charge in [-0.15, -0.1) is 0 Å². The zero-order valence-electron chi connectivity index (χ0n) is 16.6. The van der Waals surface area contributed by atoms with Crippen molar-refractivity contribution >= 4 is 11.7 Å².